The van der Waals surface area contributed by atoms with Crippen molar-refractivity contribution in [1.29, 1.82) is 0 Å². The molecule has 0 atom stereocenters. The van der Waals surface area contributed by atoms with Crippen molar-refractivity contribution in [3.8, 4) is 5.75 Å². The van der Waals surface area contributed by atoms with E-state index in [2.05, 4.69) is 15.3 Å². The van der Waals surface area contributed by atoms with Gasteiger partial charge in [-0.25, -0.2) is 4.98 Å². The number of methoxy groups -OCH3 is 1. The fraction of sp³-hybridized carbons (Fsp3) is 0.0714. The highest BCUT2D eigenvalue weighted by molar-refractivity contribution is 7.80. The third-order valence-corrected chi connectivity index (χ3v) is 4.08. The SMILES string of the molecule is COc1ccc2nc(Nc3cnccc3C(N)=S)sc2c1. The minimum Gasteiger partial charge on any atom is -0.497 e. The van der Waals surface area contributed by atoms with Crippen LogP contribution < -0.4 is 15.8 Å². The number of anilines is 2. The Morgan fingerprint density at radius 2 is 2.24 bits per heavy atom. The lowest BCUT2D eigenvalue weighted by Crippen LogP contribution is -2.12. The number of pyridine rings is 1. The fourth-order valence-electron chi connectivity index (χ4n) is 1.91. The Kier molecular flexibility index (Phi) is 3.68. The molecule has 3 N–H and O–H groups in total. The van der Waals surface area contributed by atoms with Crippen molar-refractivity contribution < 1.29 is 4.74 Å². The second-order valence-electron chi connectivity index (χ2n) is 4.26. The molecular weight excluding hydrogens is 304 g/mol. The maximum Gasteiger partial charge on any atom is 0.188 e. The summed E-state index contributed by atoms with van der Waals surface area (Å²) in [6, 6.07) is 7.54. The Hall–Kier alpha value is -2.25. The van der Waals surface area contributed by atoms with Gasteiger partial charge in [0, 0.05) is 11.8 Å². The molecule has 0 radical (unpaired) electrons. The van der Waals surface area contributed by atoms with Gasteiger partial charge in [-0.05, 0) is 24.3 Å². The first-order chi connectivity index (χ1) is 10.2. The molecule has 7 heteroatoms. The van der Waals surface area contributed by atoms with Gasteiger partial charge in [0.1, 0.15) is 10.7 Å². The molecule has 2 aromatic heterocycles. The van der Waals surface area contributed by atoms with Gasteiger partial charge in [0.15, 0.2) is 5.13 Å². The van der Waals surface area contributed by atoms with Gasteiger partial charge >= 0.3 is 0 Å². The average Bonchev–Trinajstić information content (AvgIpc) is 2.88. The van der Waals surface area contributed by atoms with E-state index >= 15 is 0 Å². The number of ether oxygens (including phenoxy) is 1. The molecule has 1 aromatic carbocycles. The van der Waals surface area contributed by atoms with Crippen LogP contribution in [0.4, 0.5) is 10.8 Å². The molecular formula is C14H12N4OS2. The lowest BCUT2D eigenvalue weighted by molar-refractivity contribution is 0.415. The first-order valence-corrected chi connectivity index (χ1v) is 7.35. The zero-order valence-corrected chi connectivity index (χ0v) is 12.8. The number of fused-ring (bicyclic) bond motifs is 1. The standard InChI is InChI=1S/C14H12N4OS2/c1-19-8-2-3-10-12(6-8)21-14(17-10)18-11-7-16-5-4-9(11)13(15)20/h2-7H,1H3,(H2,15,20)(H,17,18). The molecule has 0 saturated heterocycles. The number of nitrogens with two attached hydrogens (primary N) is 1. The molecule has 0 aliphatic heterocycles. The molecule has 0 aliphatic rings. The van der Waals surface area contributed by atoms with Gasteiger partial charge < -0.3 is 15.8 Å². The smallest absolute Gasteiger partial charge is 0.188 e. The van der Waals surface area contributed by atoms with E-state index in [0.29, 0.717) is 4.99 Å². The topological polar surface area (TPSA) is 73.1 Å². The summed E-state index contributed by atoms with van der Waals surface area (Å²) in [5.74, 6) is 0.808. The normalized spacial score (nSPS) is 10.5. The molecule has 0 amide bonds. The number of thiazole rings is 1. The highest BCUT2D eigenvalue weighted by Crippen LogP contribution is 2.31. The number of nitrogens with zero attached hydrogens (tertiary/aromatic N) is 2. The van der Waals surface area contributed by atoms with Gasteiger partial charge in [-0.2, -0.15) is 0 Å². The van der Waals surface area contributed by atoms with Crippen molar-refractivity contribution in [1.82, 2.24) is 9.97 Å². The zero-order chi connectivity index (χ0) is 14.8. The third-order valence-electron chi connectivity index (χ3n) is 2.92. The minimum absolute atomic E-state index is 0.322. The third kappa shape index (κ3) is 2.79. The number of hydrogen-bond acceptors (Lipinski definition) is 6. The van der Waals surface area contributed by atoms with E-state index in [1.807, 2.05) is 18.2 Å². The second kappa shape index (κ2) is 5.63. The zero-order valence-electron chi connectivity index (χ0n) is 11.2. The summed E-state index contributed by atoms with van der Waals surface area (Å²) in [7, 11) is 1.64. The molecule has 0 spiro atoms. The first-order valence-electron chi connectivity index (χ1n) is 6.13. The Morgan fingerprint density at radius 1 is 1.38 bits per heavy atom. The van der Waals surface area contributed by atoms with E-state index in [9.17, 15) is 0 Å². The molecule has 2 heterocycles. The molecule has 3 rings (SSSR count). The number of rotatable bonds is 4. The van der Waals surface area contributed by atoms with Crippen LogP contribution in [0.25, 0.3) is 10.2 Å². The Morgan fingerprint density at radius 3 is 3.00 bits per heavy atom. The van der Waals surface area contributed by atoms with Crippen molar-refractivity contribution in [2.45, 2.75) is 0 Å². The van der Waals surface area contributed by atoms with Crippen molar-refractivity contribution in [3.63, 3.8) is 0 Å². The van der Waals surface area contributed by atoms with E-state index in [4.69, 9.17) is 22.7 Å². The maximum absolute atomic E-state index is 5.71. The van der Waals surface area contributed by atoms with Crippen LogP contribution in [0.2, 0.25) is 0 Å². The van der Waals surface area contributed by atoms with Crippen molar-refractivity contribution in [2.24, 2.45) is 5.73 Å². The number of thiocarbonyl (C=S) groups is 1. The molecule has 106 valence electrons. The van der Waals surface area contributed by atoms with Gasteiger partial charge in [0.2, 0.25) is 0 Å². The monoisotopic (exact) mass is 316 g/mol. The molecule has 3 aromatic rings. The molecule has 0 bridgehead atoms. The van der Waals surface area contributed by atoms with Crippen LogP contribution in [0.5, 0.6) is 5.75 Å². The second-order valence-corrected chi connectivity index (χ2v) is 5.73. The predicted molar refractivity (Wildman–Crippen MR) is 89.6 cm³/mol. The Bertz CT molecular complexity index is 816. The van der Waals surface area contributed by atoms with Crippen LogP contribution in [0.1, 0.15) is 5.56 Å². The van der Waals surface area contributed by atoms with Crippen molar-refractivity contribution in [3.05, 3.63) is 42.2 Å². The van der Waals surface area contributed by atoms with Gasteiger partial charge in [-0.3, -0.25) is 4.98 Å². The molecule has 0 saturated carbocycles. The molecule has 0 aliphatic carbocycles. The molecule has 0 unspecified atom stereocenters. The van der Waals surface area contributed by atoms with Crippen LogP contribution in [-0.4, -0.2) is 22.1 Å². The maximum atomic E-state index is 5.71. The highest BCUT2D eigenvalue weighted by atomic mass is 32.1. The largest absolute Gasteiger partial charge is 0.497 e. The van der Waals surface area contributed by atoms with Gasteiger partial charge in [-0.1, -0.05) is 23.6 Å². The quantitative estimate of drug-likeness (QED) is 0.721. The Balaban J connectivity index is 1.97. The molecule has 5 nitrogen and oxygen atoms in total. The molecule has 0 fully saturated rings. The van der Waals surface area contributed by atoms with Crippen LogP contribution in [-0.2, 0) is 0 Å². The fourth-order valence-corrected chi connectivity index (χ4v) is 2.99. The van der Waals surface area contributed by atoms with E-state index in [1.165, 1.54) is 11.3 Å². The summed E-state index contributed by atoms with van der Waals surface area (Å²) in [6.07, 6.45) is 3.34. The van der Waals surface area contributed by atoms with Crippen LogP contribution >= 0.6 is 23.6 Å². The summed E-state index contributed by atoms with van der Waals surface area (Å²) in [5.41, 5.74) is 8.11. The van der Waals surface area contributed by atoms with E-state index < -0.39 is 0 Å². The summed E-state index contributed by atoms with van der Waals surface area (Å²) in [4.78, 5) is 8.93. The van der Waals surface area contributed by atoms with Gasteiger partial charge in [0.05, 0.1) is 29.2 Å². The summed E-state index contributed by atoms with van der Waals surface area (Å²) in [6.45, 7) is 0. The van der Waals surface area contributed by atoms with E-state index in [-0.39, 0.29) is 0 Å². The Labute approximate surface area is 130 Å². The van der Waals surface area contributed by atoms with Gasteiger partial charge in [-0.15, -0.1) is 0 Å². The van der Waals surface area contributed by atoms with E-state index in [1.54, 1.807) is 25.6 Å². The average molecular weight is 316 g/mol. The summed E-state index contributed by atoms with van der Waals surface area (Å²) in [5, 5.41) is 3.97. The number of hydrogen-bond donors (Lipinski definition) is 2. The van der Waals surface area contributed by atoms with Crippen LogP contribution in [0.3, 0.4) is 0 Å². The lowest BCUT2D eigenvalue weighted by atomic mass is 10.2. The summed E-state index contributed by atoms with van der Waals surface area (Å²) >= 11 is 6.57. The predicted octanol–water partition coefficient (Wildman–Crippen LogP) is 3.08. The van der Waals surface area contributed by atoms with Crippen LogP contribution in [0.15, 0.2) is 36.7 Å². The first kappa shape index (κ1) is 13.7. The minimum atomic E-state index is 0.322. The lowest BCUT2D eigenvalue weighted by Gasteiger charge is -2.07. The highest BCUT2D eigenvalue weighted by Gasteiger charge is 2.09. The number of benzene rings is 1. The van der Waals surface area contributed by atoms with Crippen molar-refractivity contribution >= 4 is 49.6 Å². The van der Waals surface area contributed by atoms with Crippen molar-refractivity contribution in [2.75, 3.05) is 12.4 Å². The summed E-state index contributed by atoms with van der Waals surface area (Å²) < 4.78 is 6.25. The van der Waals surface area contributed by atoms with Gasteiger partial charge in [0.25, 0.3) is 0 Å². The number of nitrogens with one attached hydrogen (secondary N) is 1. The van der Waals surface area contributed by atoms with Crippen LogP contribution in [0, 0.1) is 0 Å². The number of aromatic nitrogens is 2. The molecule has 21 heavy (non-hydrogen) atoms. The van der Waals surface area contributed by atoms with E-state index in [0.717, 1.165) is 32.3 Å².